The van der Waals surface area contributed by atoms with Gasteiger partial charge in [0, 0.05) is 35.8 Å². The number of halogens is 1. The molecule has 0 amide bonds. The lowest BCUT2D eigenvalue weighted by Gasteiger charge is -2.15. The van der Waals surface area contributed by atoms with Gasteiger partial charge in [-0.15, -0.1) is 0 Å². The van der Waals surface area contributed by atoms with Crippen LogP contribution in [0.2, 0.25) is 5.02 Å². The second kappa shape index (κ2) is 5.69. The average Bonchev–Trinajstić information content (AvgIpc) is 2.71. The SMILES string of the molecule is CC(CS(C)(=O)=O)NCc1cc(Cl)cc2c1OCC2. The van der Waals surface area contributed by atoms with Crippen molar-refractivity contribution in [2.75, 3.05) is 18.6 Å². The highest BCUT2D eigenvalue weighted by atomic mass is 35.5. The fraction of sp³-hybridized carbons (Fsp3) is 0.538. The van der Waals surface area contributed by atoms with Gasteiger partial charge in [0.15, 0.2) is 0 Å². The molecule has 2 rings (SSSR count). The van der Waals surface area contributed by atoms with Gasteiger partial charge in [0.2, 0.25) is 0 Å². The van der Waals surface area contributed by atoms with E-state index in [1.165, 1.54) is 6.26 Å². The summed E-state index contributed by atoms with van der Waals surface area (Å²) < 4.78 is 28.0. The van der Waals surface area contributed by atoms with Crippen LogP contribution < -0.4 is 10.1 Å². The van der Waals surface area contributed by atoms with Gasteiger partial charge in [-0.2, -0.15) is 0 Å². The fourth-order valence-corrected chi connectivity index (χ4v) is 3.56. The molecule has 1 atom stereocenters. The molecule has 1 N–H and O–H groups in total. The summed E-state index contributed by atoms with van der Waals surface area (Å²) in [6, 6.07) is 3.69. The molecule has 1 aromatic rings. The minimum atomic E-state index is -2.97. The van der Waals surface area contributed by atoms with Crippen molar-refractivity contribution in [3.05, 3.63) is 28.3 Å². The number of ether oxygens (including phenoxy) is 1. The van der Waals surface area contributed by atoms with Crippen LogP contribution in [0.3, 0.4) is 0 Å². The molecule has 106 valence electrons. The third kappa shape index (κ3) is 4.09. The van der Waals surface area contributed by atoms with E-state index < -0.39 is 9.84 Å². The van der Waals surface area contributed by atoms with Crippen LogP contribution in [0.4, 0.5) is 0 Å². The molecule has 0 aromatic heterocycles. The molecule has 0 saturated carbocycles. The fourth-order valence-electron chi connectivity index (χ4n) is 2.27. The first-order valence-electron chi connectivity index (χ1n) is 6.20. The highest BCUT2D eigenvalue weighted by molar-refractivity contribution is 7.90. The third-order valence-corrected chi connectivity index (χ3v) is 4.34. The standard InChI is InChI=1S/C13H18ClNO3S/c1-9(8-19(2,16)17)15-7-11-6-12(14)5-10-3-4-18-13(10)11/h5-6,9,15H,3-4,7-8H2,1-2H3. The molecule has 0 saturated heterocycles. The molecule has 0 spiro atoms. The summed E-state index contributed by atoms with van der Waals surface area (Å²) in [7, 11) is -2.97. The lowest BCUT2D eigenvalue weighted by atomic mass is 10.1. The normalized spacial score (nSPS) is 15.9. The van der Waals surface area contributed by atoms with Crippen LogP contribution in [0.1, 0.15) is 18.1 Å². The van der Waals surface area contributed by atoms with E-state index in [1.54, 1.807) is 0 Å². The number of benzene rings is 1. The Morgan fingerprint density at radius 3 is 2.89 bits per heavy atom. The molecule has 0 aliphatic carbocycles. The maximum Gasteiger partial charge on any atom is 0.148 e. The van der Waals surface area contributed by atoms with Gasteiger partial charge in [-0.1, -0.05) is 11.6 Å². The third-order valence-electron chi connectivity index (χ3n) is 3.02. The first-order chi connectivity index (χ1) is 8.85. The quantitative estimate of drug-likeness (QED) is 0.901. The number of sulfone groups is 1. The van der Waals surface area contributed by atoms with Gasteiger partial charge in [0.1, 0.15) is 15.6 Å². The zero-order valence-electron chi connectivity index (χ0n) is 11.1. The van der Waals surface area contributed by atoms with E-state index in [4.69, 9.17) is 16.3 Å². The Kier molecular flexibility index (Phi) is 4.38. The number of fused-ring (bicyclic) bond motifs is 1. The van der Waals surface area contributed by atoms with Gasteiger partial charge >= 0.3 is 0 Å². The van der Waals surface area contributed by atoms with Gasteiger partial charge in [0.25, 0.3) is 0 Å². The van der Waals surface area contributed by atoms with Crippen molar-refractivity contribution in [3.63, 3.8) is 0 Å². The van der Waals surface area contributed by atoms with Crippen molar-refractivity contribution < 1.29 is 13.2 Å². The van der Waals surface area contributed by atoms with Crippen molar-refractivity contribution in [3.8, 4) is 5.75 Å². The molecule has 1 aliphatic heterocycles. The molecule has 1 aromatic carbocycles. The first-order valence-corrected chi connectivity index (χ1v) is 8.64. The zero-order valence-corrected chi connectivity index (χ0v) is 12.6. The molecule has 1 aliphatic rings. The maximum atomic E-state index is 11.2. The van der Waals surface area contributed by atoms with Crippen molar-refractivity contribution in [2.24, 2.45) is 0 Å². The Labute approximate surface area is 119 Å². The summed E-state index contributed by atoms with van der Waals surface area (Å²) in [6.45, 7) is 3.09. The minimum Gasteiger partial charge on any atom is -0.493 e. The van der Waals surface area contributed by atoms with Crippen LogP contribution in [-0.4, -0.2) is 33.1 Å². The molecule has 1 unspecified atom stereocenters. The van der Waals surface area contributed by atoms with Crippen LogP contribution in [-0.2, 0) is 22.8 Å². The predicted octanol–water partition coefficient (Wildman–Crippen LogP) is 1.80. The summed E-state index contributed by atoms with van der Waals surface area (Å²) in [4.78, 5) is 0. The molecule has 0 fully saturated rings. The number of rotatable bonds is 5. The largest absolute Gasteiger partial charge is 0.493 e. The van der Waals surface area contributed by atoms with E-state index in [0.29, 0.717) is 18.2 Å². The Hall–Kier alpha value is -0.780. The molecule has 6 heteroatoms. The van der Waals surface area contributed by atoms with E-state index in [9.17, 15) is 8.42 Å². The van der Waals surface area contributed by atoms with Crippen molar-refractivity contribution in [1.29, 1.82) is 0 Å². The molecule has 4 nitrogen and oxygen atoms in total. The Morgan fingerprint density at radius 2 is 2.21 bits per heavy atom. The summed E-state index contributed by atoms with van der Waals surface area (Å²) in [5.41, 5.74) is 2.11. The van der Waals surface area contributed by atoms with Crippen molar-refractivity contribution in [1.82, 2.24) is 5.32 Å². The zero-order chi connectivity index (χ0) is 14.0. The first kappa shape index (κ1) is 14.6. The summed E-state index contributed by atoms with van der Waals surface area (Å²) in [5, 5.41) is 3.89. The monoisotopic (exact) mass is 303 g/mol. The molecule has 0 radical (unpaired) electrons. The lowest BCUT2D eigenvalue weighted by Crippen LogP contribution is -2.32. The molecule has 0 bridgehead atoms. The summed E-state index contributed by atoms with van der Waals surface area (Å²) >= 11 is 6.07. The van der Waals surface area contributed by atoms with Gasteiger partial charge in [-0.05, 0) is 24.6 Å². The van der Waals surface area contributed by atoms with Crippen LogP contribution >= 0.6 is 11.6 Å². The topological polar surface area (TPSA) is 55.4 Å². The Bertz CT molecular complexity index is 571. The second-order valence-electron chi connectivity index (χ2n) is 5.03. The molecular weight excluding hydrogens is 286 g/mol. The van der Waals surface area contributed by atoms with E-state index in [-0.39, 0.29) is 11.8 Å². The van der Waals surface area contributed by atoms with Gasteiger partial charge in [-0.3, -0.25) is 0 Å². The van der Waals surface area contributed by atoms with Crippen molar-refractivity contribution in [2.45, 2.75) is 25.9 Å². The Morgan fingerprint density at radius 1 is 1.47 bits per heavy atom. The van der Waals surface area contributed by atoms with E-state index in [0.717, 1.165) is 23.3 Å². The highest BCUT2D eigenvalue weighted by Gasteiger charge is 2.18. The van der Waals surface area contributed by atoms with E-state index >= 15 is 0 Å². The van der Waals surface area contributed by atoms with Gasteiger partial charge in [-0.25, -0.2) is 8.42 Å². The molecule has 1 heterocycles. The van der Waals surface area contributed by atoms with Crippen LogP contribution in [0, 0.1) is 0 Å². The molecule has 19 heavy (non-hydrogen) atoms. The van der Waals surface area contributed by atoms with Crippen molar-refractivity contribution >= 4 is 21.4 Å². The Balaban J connectivity index is 2.04. The van der Waals surface area contributed by atoms with E-state index in [1.807, 2.05) is 19.1 Å². The van der Waals surface area contributed by atoms with Crippen LogP contribution in [0.25, 0.3) is 0 Å². The van der Waals surface area contributed by atoms with Gasteiger partial charge in [0.05, 0.1) is 12.4 Å². The lowest BCUT2D eigenvalue weighted by molar-refractivity contribution is 0.352. The number of nitrogens with one attached hydrogen (secondary N) is 1. The summed E-state index contributed by atoms with van der Waals surface area (Å²) in [5.74, 6) is 1.01. The van der Waals surface area contributed by atoms with E-state index in [2.05, 4.69) is 5.32 Å². The van der Waals surface area contributed by atoms with Gasteiger partial charge < -0.3 is 10.1 Å². The maximum absolute atomic E-state index is 11.2. The smallest absolute Gasteiger partial charge is 0.148 e. The minimum absolute atomic E-state index is 0.106. The highest BCUT2D eigenvalue weighted by Crippen LogP contribution is 2.32. The second-order valence-corrected chi connectivity index (χ2v) is 7.65. The van der Waals surface area contributed by atoms with Crippen LogP contribution in [0.15, 0.2) is 12.1 Å². The number of hydrogen-bond donors (Lipinski definition) is 1. The summed E-state index contributed by atoms with van der Waals surface area (Å²) in [6.07, 6.45) is 2.12. The predicted molar refractivity (Wildman–Crippen MR) is 76.7 cm³/mol. The number of hydrogen-bond acceptors (Lipinski definition) is 4. The molecular formula is C13H18ClNO3S. The van der Waals surface area contributed by atoms with Crippen LogP contribution in [0.5, 0.6) is 5.75 Å². The average molecular weight is 304 g/mol.